The standard InChI is InChI=1S/C16H19N3O5/c1-23-15(21)9-13(16(22)24-2)18-11-4-5-14-12(8-11)17-10-19(14)6-3-7-20/h4-5,8-10,18,20H,3,6-7H2,1-2H3/b13-9+. The van der Waals surface area contributed by atoms with Crippen LogP contribution in [0.3, 0.4) is 0 Å². The van der Waals surface area contributed by atoms with Gasteiger partial charge in [0.2, 0.25) is 0 Å². The van der Waals surface area contributed by atoms with Crippen LogP contribution in [-0.4, -0.2) is 47.4 Å². The van der Waals surface area contributed by atoms with Gasteiger partial charge in [-0.25, -0.2) is 14.6 Å². The lowest BCUT2D eigenvalue weighted by Crippen LogP contribution is -2.15. The molecule has 0 aliphatic rings. The van der Waals surface area contributed by atoms with E-state index >= 15 is 0 Å². The number of nitrogens with one attached hydrogen (secondary N) is 1. The van der Waals surface area contributed by atoms with Crippen LogP contribution in [0, 0.1) is 0 Å². The highest BCUT2D eigenvalue weighted by Gasteiger charge is 2.13. The number of aromatic nitrogens is 2. The first-order valence-corrected chi connectivity index (χ1v) is 7.29. The topological polar surface area (TPSA) is 103 Å². The van der Waals surface area contributed by atoms with E-state index in [9.17, 15) is 9.59 Å². The fraction of sp³-hybridized carbons (Fsp3) is 0.312. The zero-order valence-corrected chi connectivity index (χ0v) is 13.5. The summed E-state index contributed by atoms with van der Waals surface area (Å²) in [7, 11) is 2.44. The molecule has 0 unspecified atom stereocenters. The molecule has 0 amide bonds. The zero-order chi connectivity index (χ0) is 17.5. The molecule has 0 atom stereocenters. The summed E-state index contributed by atoms with van der Waals surface area (Å²) in [6.45, 7) is 0.773. The molecule has 2 aromatic rings. The first-order chi connectivity index (χ1) is 11.6. The smallest absolute Gasteiger partial charge is 0.354 e. The van der Waals surface area contributed by atoms with Gasteiger partial charge in [0.05, 0.1) is 37.7 Å². The van der Waals surface area contributed by atoms with E-state index in [1.807, 2.05) is 10.6 Å². The van der Waals surface area contributed by atoms with Crippen LogP contribution in [0.15, 0.2) is 36.3 Å². The molecule has 0 bridgehead atoms. The predicted molar refractivity (Wildman–Crippen MR) is 87.2 cm³/mol. The highest BCUT2D eigenvalue weighted by molar-refractivity contribution is 5.99. The van der Waals surface area contributed by atoms with Gasteiger partial charge in [0.25, 0.3) is 0 Å². The number of benzene rings is 1. The molecule has 24 heavy (non-hydrogen) atoms. The first kappa shape index (κ1) is 17.5. The SMILES string of the molecule is COC(=O)/C=C(/Nc1ccc2c(c1)ncn2CCCO)C(=O)OC. The molecular weight excluding hydrogens is 314 g/mol. The number of carbonyl (C=O) groups excluding carboxylic acids is 2. The minimum absolute atomic E-state index is 0.0385. The summed E-state index contributed by atoms with van der Waals surface area (Å²) < 4.78 is 11.1. The number of fused-ring (bicyclic) bond motifs is 1. The van der Waals surface area contributed by atoms with Gasteiger partial charge in [-0.15, -0.1) is 0 Å². The van der Waals surface area contributed by atoms with Gasteiger partial charge in [-0.1, -0.05) is 0 Å². The second-order valence-electron chi connectivity index (χ2n) is 4.92. The van der Waals surface area contributed by atoms with E-state index in [4.69, 9.17) is 5.11 Å². The number of rotatable bonds is 7. The molecule has 1 heterocycles. The molecular formula is C16H19N3O5. The fourth-order valence-electron chi connectivity index (χ4n) is 2.15. The molecule has 0 saturated heterocycles. The molecule has 1 aromatic heterocycles. The van der Waals surface area contributed by atoms with Crippen LogP contribution in [0.1, 0.15) is 6.42 Å². The van der Waals surface area contributed by atoms with Gasteiger partial charge in [0, 0.05) is 18.8 Å². The number of carbonyl (C=O) groups is 2. The highest BCUT2D eigenvalue weighted by atomic mass is 16.5. The van der Waals surface area contributed by atoms with E-state index in [2.05, 4.69) is 19.8 Å². The van der Waals surface area contributed by atoms with Crippen molar-refractivity contribution in [2.45, 2.75) is 13.0 Å². The molecule has 0 spiro atoms. The zero-order valence-electron chi connectivity index (χ0n) is 13.5. The van der Waals surface area contributed by atoms with E-state index in [-0.39, 0.29) is 12.3 Å². The lowest BCUT2D eigenvalue weighted by Gasteiger charge is -2.09. The Labute approximate surface area is 138 Å². The van der Waals surface area contributed by atoms with Crippen LogP contribution in [-0.2, 0) is 25.6 Å². The summed E-state index contributed by atoms with van der Waals surface area (Å²) in [5, 5.41) is 11.8. The Balaban J connectivity index is 2.26. The maximum absolute atomic E-state index is 11.7. The van der Waals surface area contributed by atoms with Gasteiger partial charge in [-0.2, -0.15) is 0 Å². The number of aliphatic hydroxyl groups excluding tert-OH is 1. The minimum atomic E-state index is -0.686. The second-order valence-corrected chi connectivity index (χ2v) is 4.92. The largest absolute Gasteiger partial charge is 0.466 e. The van der Waals surface area contributed by atoms with Crippen LogP contribution in [0.2, 0.25) is 0 Å². The number of hydrogen-bond donors (Lipinski definition) is 2. The third kappa shape index (κ3) is 4.11. The Morgan fingerprint density at radius 1 is 1.33 bits per heavy atom. The maximum Gasteiger partial charge on any atom is 0.354 e. The van der Waals surface area contributed by atoms with Crippen molar-refractivity contribution >= 4 is 28.7 Å². The van der Waals surface area contributed by atoms with E-state index in [0.29, 0.717) is 18.7 Å². The Morgan fingerprint density at radius 2 is 2.12 bits per heavy atom. The second kappa shape index (κ2) is 8.11. The molecule has 0 fully saturated rings. The van der Waals surface area contributed by atoms with Crippen molar-refractivity contribution in [1.82, 2.24) is 9.55 Å². The van der Waals surface area contributed by atoms with Crippen molar-refractivity contribution in [2.75, 3.05) is 26.1 Å². The van der Waals surface area contributed by atoms with E-state index in [1.165, 1.54) is 14.2 Å². The molecule has 0 aliphatic heterocycles. The number of ether oxygens (including phenoxy) is 2. The van der Waals surface area contributed by atoms with Crippen molar-refractivity contribution in [3.05, 3.63) is 36.3 Å². The maximum atomic E-state index is 11.7. The van der Waals surface area contributed by atoms with Gasteiger partial charge in [0.15, 0.2) is 0 Å². The van der Waals surface area contributed by atoms with Gasteiger partial charge in [-0.05, 0) is 24.6 Å². The summed E-state index contributed by atoms with van der Waals surface area (Å²) >= 11 is 0. The lowest BCUT2D eigenvalue weighted by atomic mass is 10.2. The molecule has 0 aliphatic carbocycles. The number of methoxy groups -OCH3 is 2. The van der Waals surface area contributed by atoms with Crippen LogP contribution in [0.4, 0.5) is 5.69 Å². The average molecular weight is 333 g/mol. The first-order valence-electron chi connectivity index (χ1n) is 7.29. The summed E-state index contributed by atoms with van der Waals surface area (Å²) in [6.07, 6.45) is 3.35. The third-order valence-corrected chi connectivity index (χ3v) is 3.33. The number of anilines is 1. The summed E-state index contributed by atoms with van der Waals surface area (Å²) in [5.74, 6) is -1.36. The molecule has 8 nitrogen and oxygen atoms in total. The van der Waals surface area contributed by atoms with E-state index in [1.54, 1.807) is 18.5 Å². The molecule has 0 radical (unpaired) electrons. The Bertz CT molecular complexity index is 766. The van der Waals surface area contributed by atoms with Gasteiger partial charge < -0.3 is 24.5 Å². The van der Waals surface area contributed by atoms with Crippen molar-refractivity contribution in [3.8, 4) is 0 Å². The molecule has 0 saturated carbocycles. The molecule has 2 rings (SSSR count). The number of nitrogens with zero attached hydrogens (tertiary/aromatic N) is 2. The van der Waals surface area contributed by atoms with E-state index < -0.39 is 11.9 Å². The van der Waals surface area contributed by atoms with Crippen LogP contribution in [0.5, 0.6) is 0 Å². The minimum Gasteiger partial charge on any atom is -0.466 e. The molecule has 8 heteroatoms. The molecule has 128 valence electrons. The van der Waals surface area contributed by atoms with Crippen LogP contribution >= 0.6 is 0 Å². The Kier molecular flexibility index (Phi) is 5.91. The lowest BCUT2D eigenvalue weighted by molar-refractivity contribution is -0.138. The fourth-order valence-corrected chi connectivity index (χ4v) is 2.15. The quantitative estimate of drug-likeness (QED) is 0.577. The molecule has 2 N–H and O–H groups in total. The van der Waals surface area contributed by atoms with Crippen molar-refractivity contribution in [3.63, 3.8) is 0 Å². The number of imidazole rings is 1. The van der Waals surface area contributed by atoms with Gasteiger partial charge >= 0.3 is 11.9 Å². The predicted octanol–water partition coefficient (Wildman–Crippen LogP) is 1.06. The van der Waals surface area contributed by atoms with Crippen LogP contribution in [0.25, 0.3) is 11.0 Å². The van der Waals surface area contributed by atoms with Crippen LogP contribution < -0.4 is 5.32 Å². The average Bonchev–Trinajstić information content (AvgIpc) is 3.00. The number of esters is 2. The summed E-state index contributed by atoms with van der Waals surface area (Å²) in [5.41, 5.74) is 2.17. The Hall–Kier alpha value is -2.87. The summed E-state index contributed by atoms with van der Waals surface area (Å²) in [4.78, 5) is 27.4. The normalized spacial score (nSPS) is 11.4. The van der Waals surface area contributed by atoms with Crippen molar-refractivity contribution in [2.24, 2.45) is 0 Å². The number of hydrogen-bond acceptors (Lipinski definition) is 7. The number of aryl methyl sites for hydroxylation is 1. The third-order valence-electron chi connectivity index (χ3n) is 3.33. The highest BCUT2D eigenvalue weighted by Crippen LogP contribution is 2.20. The number of aliphatic hydroxyl groups is 1. The van der Waals surface area contributed by atoms with Crippen molar-refractivity contribution < 1.29 is 24.2 Å². The Morgan fingerprint density at radius 3 is 2.79 bits per heavy atom. The van der Waals surface area contributed by atoms with Crippen molar-refractivity contribution in [1.29, 1.82) is 0 Å². The monoisotopic (exact) mass is 333 g/mol. The van der Waals surface area contributed by atoms with E-state index in [0.717, 1.165) is 17.1 Å². The van der Waals surface area contributed by atoms with Gasteiger partial charge in [0.1, 0.15) is 5.70 Å². The molecule has 1 aromatic carbocycles. The summed E-state index contributed by atoms with van der Waals surface area (Å²) in [6, 6.07) is 5.35. The van der Waals surface area contributed by atoms with Gasteiger partial charge in [-0.3, -0.25) is 0 Å².